The summed E-state index contributed by atoms with van der Waals surface area (Å²) in [6.45, 7) is 2.39. The van der Waals surface area contributed by atoms with Gasteiger partial charge in [0, 0.05) is 12.8 Å². The molecular formula is C21H32O. The van der Waals surface area contributed by atoms with Crippen LogP contribution in [-0.4, -0.2) is 11.7 Å². The highest BCUT2D eigenvalue weighted by Gasteiger charge is 1.90. The molecule has 1 N–H and O–H groups in total. The maximum Gasteiger partial charge on any atom is 0.0703 e. The fourth-order valence-electron chi connectivity index (χ4n) is 2.10. The van der Waals surface area contributed by atoms with Gasteiger partial charge in [-0.2, -0.15) is 0 Å². The van der Waals surface area contributed by atoms with E-state index >= 15 is 0 Å². The molecule has 0 spiro atoms. The predicted octanol–water partition coefficient (Wildman–Crippen LogP) is 5.08. The minimum Gasteiger partial charge on any atom is -0.395 e. The molecule has 122 valence electrons. The van der Waals surface area contributed by atoms with Crippen LogP contribution >= 0.6 is 0 Å². The molecule has 0 fully saturated rings. The van der Waals surface area contributed by atoms with Gasteiger partial charge in [0.25, 0.3) is 0 Å². The molecule has 1 nitrogen and oxygen atoms in total. The fraction of sp³-hybridized carbons (Fsp3) is 0.714. The topological polar surface area (TPSA) is 20.2 Å². The van der Waals surface area contributed by atoms with Gasteiger partial charge in [-0.3, -0.25) is 0 Å². The van der Waals surface area contributed by atoms with Crippen molar-refractivity contribution in [3.63, 3.8) is 0 Å². The Kier molecular flexibility index (Phi) is 18.4. The molecule has 0 atom stereocenters. The average Bonchev–Trinajstić information content (AvgIpc) is 2.54. The van der Waals surface area contributed by atoms with Crippen molar-refractivity contribution in [3.8, 4) is 35.5 Å². The summed E-state index contributed by atoms with van der Waals surface area (Å²) >= 11 is 0. The number of hydrogen-bond donors (Lipinski definition) is 1. The largest absolute Gasteiger partial charge is 0.395 e. The lowest BCUT2D eigenvalue weighted by Crippen LogP contribution is -1.80. The summed E-state index contributed by atoms with van der Waals surface area (Å²) in [6.07, 6.45) is 15.0. The van der Waals surface area contributed by atoms with Crippen LogP contribution in [0.1, 0.15) is 90.4 Å². The minimum absolute atomic E-state index is 0.130. The van der Waals surface area contributed by atoms with Crippen molar-refractivity contribution in [2.45, 2.75) is 90.4 Å². The molecule has 0 aromatic heterocycles. The number of aliphatic hydroxyl groups excluding tert-OH is 1. The summed E-state index contributed by atoms with van der Waals surface area (Å²) in [5.41, 5.74) is 0. The quantitative estimate of drug-likeness (QED) is 0.440. The molecule has 0 amide bonds. The second-order valence-electron chi connectivity index (χ2n) is 5.47. The molecule has 0 aliphatic rings. The lowest BCUT2D eigenvalue weighted by Gasteiger charge is -1.99. The highest BCUT2D eigenvalue weighted by Crippen LogP contribution is 2.10. The molecule has 0 unspecified atom stereocenters. The van der Waals surface area contributed by atoms with Gasteiger partial charge < -0.3 is 5.11 Å². The van der Waals surface area contributed by atoms with E-state index in [1.165, 1.54) is 57.8 Å². The molecule has 0 aliphatic heterocycles. The second-order valence-corrected chi connectivity index (χ2v) is 5.47. The standard InChI is InChI=1S/C21H32O/c1-2-3-4-5-6-7-8-9-10-11-12-13-14-15-16-17-18-19-20-21-22/h22H,2-11,14,17,20-21H2,1H3. The van der Waals surface area contributed by atoms with Crippen LogP contribution in [0.15, 0.2) is 0 Å². The zero-order chi connectivity index (χ0) is 16.1. The summed E-state index contributed by atoms with van der Waals surface area (Å²) in [5.74, 6) is 18.0. The first kappa shape index (κ1) is 20.6. The maximum absolute atomic E-state index is 8.54. The molecule has 0 aromatic rings. The third kappa shape index (κ3) is 18.6. The molecule has 0 rings (SSSR count). The molecule has 0 saturated heterocycles. The minimum atomic E-state index is 0.130. The van der Waals surface area contributed by atoms with Gasteiger partial charge in [0.15, 0.2) is 0 Å². The molecular weight excluding hydrogens is 268 g/mol. The van der Waals surface area contributed by atoms with Crippen LogP contribution in [0.5, 0.6) is 0 Å². The van der Waals surface area contributed by atoms with Crippen LogP contribution in [-0.2, 0) is 0 Å². The smallest absolute Gasteiger partial charge is 0.0703 e. The molecule has 0 saturated carbocycles. The van der Waals surface area contributed by atoms with Crippen LogP contribution in [0.2, 0.25) is 0 Å². The van der Waals surface area contributed by atoms with E-state index in [0.29, 0.717) is 19.3 Å². The number of unbranched alkanes of at least 4 members (excludes halogenated alkanes) is 9. The van der Waals surface area contributed by atoms with Gasteiger partial charge in [0.2, 0.25) is 0 Å². The fourth-order valence-corrected chi connectivity index (χ4v) is 2.10. The maximum atomic E-state index is 8.54. The zero-order valence-electron chi connectivity index (χ0n) is 14.3. The van der Waals surface area contributed by atoms with Crippen molar-refractivity contribution in [1.82, 2.24) is 0 Å². The van der Waals surface area contributed by atoms with Gasteiger partial charge in [0.05, 0.1) is 19.4 Å². The van der Waals surface area contributed by atoms with Crippen LogP contribution in [0.4, 0.5) is 0 Å². The van der Waals surface area contributed by atoms with Gasteiger partial charge >= 0.3 is 0 Å². The number of hydrogen-bond acceptors (Lipinski definition) is 1. The zero-order valence-corrected chi connectivity index (χ0v) is 14.3. The number of rotatable bonds is 10. The first-order valence-electron chi connectivity index (χ1n) is 8.89. The Morgan fingerprint density at radius 3 is 1.55 bits per heavy atom. The van der Waals surface area contributed by atoms with Crippen LogP contribution in [0, 0.1) is 35.5 Å². The van der Waals surface area contributed by atoms with Crippen molar-refractivity contribution >= 4 is 0 Å². The summed E-state index contributed by atoms with van der Waals surface area (Å²) in [4.78, 5) is 0. The third-order valence-corrected chi connectivity index (χ3v) is 3.37. The molecule has 0 aromatic carbocycles. The van der Waals surface area contributed by atoms with E-state index in [0.717, 1.165) is 6.42 Å². The van der Waals surface area contributed by atoms with E-state index < -0.39 is 0 Å². The Bertz CT molecular complexity index is 402. The third-order valence-electron chi connectivity index (χ3n) is 3.37. The molecule has 1 heteroatoms. The highest BCUT2D eigenvalue weighted by atomic mass is 16.2. The van der Waals surface area contributed by atoms with E-state index in [-0.39, 0.29) is 6.61 Å². The van der Waals surface area contributed by atoms with Gasteiger partial charge in [-0.1, -0.05) is 87.9 Å². The Hall–Kier alpha value is -1.36. The lowest BCUT2D eigenvalue weighted by atomic mass is 10.1. The molecule has 22 heavy (non-hydrogen) atoms. The normalized spacial score (nSPS) is 9.00. The van der Waals surface area contributed by atoms with E-state index in [2.05, 4.69) is 42.4 Å². The Labute approximate surface area is 138 Å². The van der Waals surface area contributed by atoms with E-state index in [9.17, 15) is 0 Å². The highest BCUT2D eigenvalue weighted by molar-refractivity contribution is 5.16. The predicted molar refractivity (Wildman–Crippen MR) is 96.1 cm³/mol. The van der Waals surface area contributed by atoms with Gasteiger partial charge in [-0.05, 0) is 6.42 Å². The average molecular weight is 300 g/mol. The lowest BCUT2D eigenvalue weighted by molar-refractivity contribution is 0.305. The molecule has 0 heterocycles. The van der Waals surface area contributed by atoms with Crippen molar-refractivity contribution in [2.24, 2.45) is 0 Å². The number of aliphatic hydroxyl groups is 1. The van der Waals surface area contributed by atoms with Crippen molar-refractivity contribution in [2.75, 3.05) is 6.61 Å². The summed E-state index contributed by atoms with van der Waals surface area (Å²) in [5, 5.41) is 8.54. The Balaban J connectivity index is 3.29. The summed E-state index contributed by atoms with van der Waals surface area (Å²) in [6, 6.07) is 0. The van der Waals surface area contributed by atoms with Crippen molar-refractivity contribution in [3.05, 3.63) is 0 Å². The molecule has 0 aliphatic carbocycles. The van der Waals surface area contributed by atoms with Crippen LogP contribution in [0.25, 0.3) is 0 Å². The Morgan fingerprint density at radius 1 is 0.545 bits per heavy atom. The second kappa shape index (κ2) is 19.6. The van der Waals surface area contributed by atoms with E-state index in [1.54, 1.807) is 0 Å². The van der Waals surface area contributed by atoms with E-state index in [4.69, 9.17) is 5.11 Å². The first-order chi connectivity index (χ1) is 10.9. The summed E-state index contributed by atoms with van der Waals surface area (Å²) in [7, 11) is 0. The van der Waals surface area contributed by atoms with Crippen molar-refractivity contribution in [1.29, 1.82) is 0 Å². The first-order valence-corrected chi connectivity index (χ1v) is 8.89. The van der Waals surface area contributed by atoms with E-state index in [1.807, 2.05) is 0 Å². The van der Waals surface area contributed by atoms with Gasteiger partial charge in [0.1, 0.15) is 0 Å². The van der Waals surface area contributed by atoms with Crippen LogP contribution in [0.3, 0.4) is 0 Å². The van der Waals surface area contributed by atoms with Gasteiger partial charge in [-0.15, -0.1) is 5.92 Å². The SMILES string of the molecule is CCCCCCCCCCCC#CCC#CCC#CCCO. The molecule has 0 radical (unpaired) electrons. The summed E-state index contributed by atoms with van der Waals surface area (Å²) < 4.78 is 0. The Morgan fingerprint density at radius 2 is 1.00 bits per heavy atom. The monoisotopic (exact) mass is 300 g/mol. The van der Waals surface area contributed by atoms with Gasteiger partial charge in [-0.25, -0.2) is 0 Å². The molecule has 0 bridgehead atoms. The van der Waals surface area contributed by atoms with Crippen LogP contribution < -0.4 is 0 Å². The van der Waals surface area contributed by atoms with Crippen molar-refractivity contribution < 1.29 is 5.11 Å².